The number of thiazole rings is 1. The number of hydrogen-bond acceptors (Lipinski definition) is 6. The molecular weight excluding hydrogens is 302 g/mol. The molecule has 4 rings (SSSR count). The molecule has 7 nitrogen and oxygen atoms in total. The number of carbonyl (C=O) groups excluding carboxylic acids is 1. The van der Waals surface area contributed by atoms with E-state index in [0.717, 1.165) is 24.4 Å². The Morgan fingerprint density at radius 2 is 2.27 bits per heavy atom. The third-order valence-corrected chi connectivity index (χ3v) is 5.26. The molecule has 0 N–H and O–H groups in total. The number of likely N-dealkylation sites (tertiary alicyclic amines) is 1. The zero-order valence-corrected chi connectivity index (χ0v) is 13.1. The SMILES string of the molecule is Cc1nc(C(=O)N2CCC3(CC(n4cnnc4)CO3)C2)cs1. The largest absolute Gasteiger partial charge is 0.371 e. The summed E-state index contributed by atoms with van der Waals surface area (Å²) in [6.07, 6.45) is 5.22. The highest BCUT2D eigenvalue weighted by atomic mass is 32.1. The van der Waals surface area contributed by atoms with Gasteiger partial charge < -0.3 is 14.2 Å². The fourth-order valence-corrected chi connectivity index (χ4v) is 3.92. The van der Waals surface area contributed by atoms with Gasteiger partial charge in [0, 0.05) is 18.3 Å². The van der Waals surface area contributed by atoms with Crippen LogP contribution in [0.4, 0.5) is 0 Å². The quantitative estimate of drug-likeness (QED) is 0.834. The monoisotopic (exact) mass is 319 g/mol. The number of ether oxygens (including phenoxy) is 1. The van der Waals surface area contributed by atoms with Crippen LogP contribution in [0.1, 0.15) is 34.4 Å². The van der Waals surface area contributed by atoms with Gasteiger partial charge in [0.1, 0.15) is 18.3 Å². The zero-order chi connectivity index (χ0) is 15.2. The van der Waals surface area contributed by atoms with Gasteiger partial charge in [0.25, 0.3) is 5.91 Å². The fraction of sp³-hybridized carbons (Fsp3) is 0.571. The van der Waals surface area contributed by atoms with E-state index in [-0.39, 0.29) is 17.6 Å². The molecular formula is C14H17N5O2S. The molecule has 4 heterocycles. The van der Waals surface area contributed by atoms with E-state index < -0.39 is 0 Å². The van der Waals surface area contributed by atoms with Gasteiger partial charge in [-0.25, -0.2) is 4.98 Å². The predicted octanol–water partition coefficient (Wildman–Crippen LogP) is 1.29. The standard InChI is InChI=1S/C14H17N5O2S/c1-10-17-12(6-22-10)13(20)18-3-2-14(7-18)4-11(5-21-14)19-8-15-16-9-19/h6,8-9,11H,2-5,7H2,1H3. The van der Waals surface area contributed by atoms with Gasteiger partial charge in [0.05, 0.1) is 29.8 Å². The Bertz CT molecular complexity index is 685. The number of aryl methyl sites for hydroxylation is 1. The first-order valence-corrected chi connectivity index (χ1v) is 8.23. The molecule has 116 valence electrons. The number of aromatic nitrogens is 4. The Balaban J connectivity index is 1.45. The molecule has 0 saturated carbocycles. The van der Waals surface area contributed by atoms with Crippen LogP contribution >= 0.6 is 11.3 Å². The molecule has 22 heavy (non-hydrogen) atoms. The van der Waals surface area contributed by atoms with Gasteiger partial charge in [-0.05, 0) is 13.3 Å². The van der Waals surface area contributed by atoms with Gasteiger partial charge in [-0.2, -0.15) is 0 Å². The molecule has 1 amide bonds. The zero-order valence-electron chi connectivity index (χ0n) is 12.3. The molecule has 8 heteroatoms. The first-order chi connectivity index (χ1) is 10.7. The minimum Gasteiger partial charge on any atom is -0.371 e. The van der Waals surface area contributed by atoms with Crippen LogP contribution in [-0.2, 0) is 4.74 Å². The maximum atomic E-state index is 12.5. The second-order valence-electron chi connectivity index (χ2n) is 5.99. The van der Waals surface area contributed by atoms with Crippen molar-refractivity contribution < 1.29 is 9.53 Å². The molecule has 2 unspecified atom stereocenters. The highest BCUT2D eigenvalue weighted by Crippen LogP contribution is 2.40. The van der Waals surface area contributed by atoms with Crippen LogP contribution in [0.2, 0.25) is 0 Å². The van der Waals surface area contributed by atoms with Crippen LogP contribution in [0.15, 0.2) is 18.0 Å². The van der Waals surface area contributed by atoms with Crippen molar-refractivity contribution in [3.8, 4) is 0 Å². The lowest BCUT2D eigenvalue weighted by molar-refractivity contribution is 0.0117. The Kier molecular flexibility index (Phi) is 3.23. The Morgan fingerprint density at radius 1 is 1.45 bits per heavy atom. The lowest BCUT2D eigenvalue weighted by Crippen LogP contribution is -2.36. The van der Waals surface area contributed by atoms with E-state index in [1.165, 1.54) is 11.3 Å². The summed E-state index contributed by atoms with van der Waals surface area (Å²) in [7, 11) is 0. The lowest BCUT2D eigenvalue weighted by Gasteiger charge is -2.23. The van der Waals surface area contributed by atoms with Crippen molar-refractivity contribution in [2.45, 2.75) is 31.4 Å². The first kappa shape index (κ1) is 13.8. The van der Waals surface area contributed by atoms with Crippen LogP contribution in [0.3, 0.4) is 0 Å². The predicted molar refractivity (Wildman–Crippen MR) is 79.7 cm³/mol. The summed E-state index contributed by atoms with van der Waals surface area (Å²) in [5, 5.41) is 10.5. The molecule has 2 aromatic rings. The maximum Gasteiger partial charge on any atom is 0.273 e. The highest BCUT2D eigenvalue weighted by molar-refractivity contribution is 7.09. The molecule has 0 aliphatic carbocycles. The van der Waals surface area contributed by atoms with Crippen molar-refractivity contribution in [3.05, 3.63) is 28.7 Å². The minimum absolute atomic E-state index is 0.0116. The molecule has 2 aliphatic heterocycles. The van der Waals surface area contributed by atoms with Crippen LogP contribution < -0.4 is 0 Å². The van der Waals surface area contributed by atoms with E-state index in [1.54, 1.807) is 12.7 Å². The number of nitrogens with zero attached hydrogens (tertiary/aromatic N) is 5. The van der Waals surface area contributed by atoms with Crippen molar-refractivity contribution in [2.75, 3.05) is 19.7 Å². The molecule has 0 bridgehead atoms. The Labute approximate surface area is 131 Å². The normalized spacial score (nSPS) is 27.9. The van der Waals surface area contributed by atoms with Crippen molar-refractivity contribution in [1.82, 2.24) is 24.6 Å². The average Bonchev–Trinajstić information content (AvgIpc) is 3.26. The third-order valence-electron chi connectivity index (χ3n) is 4.49. The smallest absolute Gasteiger partial charge is 0.273 e. The lowest BCUT2D eigenvalue weighted by atomic mass is 9.97. The van der Waals surface area contributed by atoms with Gasteiger partial charge >= 0.3 is 0 Å². The maximum absolute atomic E-state index is 12.5. The van der Waals surface area contributed by atoms with Crippen molar-refractivity contribution in [3.63, 3.8) is 0 Å². The van der Waals surface area contributed by atoms with Gasteiger partial charge in [0.2, 0.25) is 0 Å². The number of hydrogen-bond donors (Lipinski definition) is 0. The topological polar surface area (TPSA) is 73.1 Å². The van der Waals surface area contributed by atoms with E-state index in [1.807, 2.05) is 21.8 Å². The van der Waals surface area contributed by atoms with Gasteiger partial charge in [-0.15, -0.1) is 21.5 Å². The van der Waals surface area contributed by atoms with Gasteiger partial charge in [-0.3, -0.25) is 4.79 Å². The summed E-state index contributed by atoms with van der Waals surface area (Å²) in [6.45, 7) is 3.93. The molecule has 2 aliphatic rings. The van der Waals surface area contributed by atoms with Gasteiger partial charge in [-0.1, -0.05) is 0 Å². The first-order valence-electron chi connectivity index (χ1n) is 7.35. The molecule has 2 saturated heterocycles. The summed E-state index contributed by atoms with van der Waals surface area (Å²) in [4.78, 5) is 18.7. The molecule has 2 atom stereocenters. The molecule has 2 aromatic heterocycles. The van der Waals surface area contributed by atoms with E-state index >= 15 is 0 Å². The molecule has 0 aromatic carbocycles. The van der Waals surface area contributed by atoms with Crippen LogP contribution in [0, 0.1) is 6.92 Å². The van der Waals surface area contributed by atoms with Crippen LogP contribution in [0.5, 0.6) is 0 Å². The minimum atomic E-state index is -0.227. The Morgan fingerprint density at radius 3 is 3.00 bits per heavy atom. The molecule has 1 spiro atoms. The second kappa shape index (κ2) is 5.13. The average molecular weight is 319 g/mol. The van der Waals surface area contributed by atoms with Crippen molar-refractivity contribution >= 4 is 17.2 Å². The van der Waals surface area contributed by atoms with Crippen molar-refractivity contribution in [1.29, 1.82) is 0 Å². The third kappa shape index (κ3) is 2.32. The summed E-state index contributed by atoms with van der Waals surface area (Å²) in [5.41, 5.74) is 0.322. The van der Waals surface area contributed by atoms with Crippen molar-refractivity contribution in [2.24, 2.45) is 0 Å². The van der Waals surface area contributed by atoms with E-state index in [4.69, 9.17) is 4.74 Å². The van der Waals surface area contributed by atoms with Crippen LogP contribution in [-0.4, -0.2) is 55.9 Å². The number of rotatable bonds is 2. The number of amides is 1. The summed E-state index contributed by atoms with van der Waals surface area (Å²) >= 11 is 1.51. The van der Waals surface area contributed by atoms with E-state index in [9.17, 15) is 4.79 Å². The van der Waals surface area contributed by atoms with E-state index in [0.29, 0.717) is 18.8 Å². The molecule has 0 radical (unpaired) electrons. The number of carbonyl (C=O) groups is 1. The van der Waals surface area contributed by atoms with Gasteiger partial charge in [0.15, 0.2) is 0 Å². The second-order valence-corrected chi connectivity index (χ2v) is 7.05. The fourth-order valence-electron chi connectivity index (χ4n) is 3.34. The summed E-state index contributed by atoms with van der Waals surface area (Å²) in [6, 6.07) is 0.256. The summed E-state index contributed by atoms with van der Waals surface area (Å²) < 4.78 is 8.06. The Hall–Kier alpha value is -1.80. The molecule has 2 fully saturated rings. The van der Waals surface area contributed by atoms with E-state index in [2.05, 4.69) is 15.2 Å². The summed E-state index contributed by atoms with van der Waals surface area (Å²) in [5.74, 6) is 0.0116. The highest BCUT2D eigenvalue weighted by Gasteiger charge is 2.47. The van der Waals surface area contributed by atoms with Crippen LogP contribution in [0.25, 0.3) is 0 Å².